The van der Waals surface area contributed by atoms with E-state index in [1.54, 1.807) is 12.1 Å². The average molecular weight is 430 g/mol. The molecule has 1 atom stereocenters. The Labute approximate surface area is 176 Å². The van der Waals surface area contributed by atoms with Crippen LogP contribution < -0.4 is 4.31 Å². The average Bonchev–Trinajstić information content (AvgIpc) is 3.33. The molecule has 3 aliphatic rings. The normalized spacial score (nSPS) is 22.4. The molecule has 2 aromatic rings. The highest BCUT2D eigenvalue weighted by molar-refractivity contribution is 7.92. The van der Waals surface area contributed by atoms with Crippen molar-refractivity contribution in [2.24, 2.45) is 0 Å². The second kappa shape index (κ2) is 7.08. The van der Waals surface area contributed by atoms with Crippen LogP contribution in [0, 0.1) is 0 Å². The molecule has 8 nitrogen and oxygen atoms in total. The second-order valence-electron chi connectivity index (χ2n) is 8.88. The van der Waals surface area contributed by atoms with Crippen molar-refractivity contribution in [3.05, 3.63) is 41.0 Å². The number of nitrogens with zero attached hydrogens (tertiary/aromatic N) is 4. The standard InChI is InChI=1S/C21H27N5O3S/c1-13-11-17-12-16(5-6-18(17)26(13)30(2,28)29)21(27)25-9-7-15(8-10-25)20-22-19(23-24-20)14-3-4-14/h5-6,12-15H,3-4,7-11H2,1-2H3,(H,22,23,24). The number of hydrogen-bond acceptors (Lipinski definition) is 5. The lowest BCUT2D eigenvalue weighted by Crippen LogP contribution is -2.38. The number of sulfonamides is 1. The lowest BCUT2D eigenvalue weighted by molar-refractivity contribution is 0.0711. The first-order valence-electron chi connectivity index (χ1n) is 10.6. The maximum absolute atomic E-state index is 13.1. The molecule has 3 heterocycles. The number of carbonyl (C=O) groups excluding carboxylic acids is 1. The Morgan fingerprint density at radius 1 is 1.13 bits per heavy atom. The number of benzene rings is 1. The predicted octanol–water partition coefficient (Wildman–Crippen LogP) is 2.41. The van der Waals surface area contributed by atoms with Gasteiger partial charge in [-0.3, -0.25) is 14.2 Å². The molecule has 5 rings (SSSR count). The maximum atomic E-state index is 13.1. The minimum atomic E-state index is -3.33. The van der Waals surface area contributed by atoms with Crippen molar-refractivity contribution in [2.75, 3.05) is 23.7 Å². The van der Waals surface area contributed by atoms with E-state index in [1.807, 2.05) is 17.9 Å². The van der Waals surface area contributed by atoms with Crippen molar-refractivity contribution in [3.8, 4) is 0 Å². The largest absolute Gasteiger partial charge is 0.339 e. The molecule has 1 unspecified atom stereocenters. The van der Waals surface area contributed by atoms with Crippen LogP contribution in [-0.2, 0) is 16.4 Å². The van der Waals surface area contributed by atoms with Gasteiger partial charge in [0.15, 0.2) is 5.82 Å². The van der Waals surface area contributed by atoms with Crippen LogP contribution in [0.15, 0.2) is 18.2 Å². The van der Waals surface area contributed by atoms with Gasteiger partial charge >= 0.3 is 0 Å². The Kier molecular flexibility index (Phi) is 4.61. The van der Waals surface area contributed by atoms with E-state index in [1.165, 1.54) is 23.4 Å². The zero-order chi connectivity index (χ0) is 21.0. The van der Waals surface area contributed by atoms with Crippen molar-refractivity contribution in [2.45, 2.75) is 56.9 Å². The van der Waals surface area contributed by atoms with E-state index in [0.29, 0.717) is 42.6 Å². The van der Waals surface area contributed by atoms with Crippen LogP contribution in [-0.4, -0.2) is 59.8 Å². The van der Waals surface area contributed by atoms with E-state index in [9.17, 15) is 13.2 Å². The predicted molar refractivity (Wildman–Crippen MR) is 113 cm³/mol. The van der Waals surface area contributed by atoms with Gasteiger partial charge in [0.2, 0.25) is 10.0 Å². The van der Waals surface area contributed by atoms with Crippen LogP contribution in [0.4, 0.5) is 5.69 Å². The lowest BCUT2D eigenvalue weighted by atomic mass is 9.95. The zero-order valence-electron chi connectivity index (χ0n) is 17.3. The van der Waals surface area contributed by atoms with Gasteiger partial charge in [-0.1, -0.05) is 0 Å². The van der Waals surface area contributed by atoms with Crippen LogP contribution in [0.25, 0.3) is 0 Å². The molecule has 160 valence electrons. The number of carbonyl (C=O) groups is 1. The number of rotatable bonds is 4. The first kappa shape index (κ1) is 19.5. The fourth-order valence-corrected chi connectivity index (χ4v) is 6.04. The Hall–Kier alpha value is -2.42. The van der Waals surface area contributed by atoms with Gasteiger partial charge in [-0.2, -0.15) is 5.10 Å². The van der Waals surface area contributed by atoms with Crippen molar-refractivity contribution in [1.82, 2.24) is 20.1 Å². The van der Waals surface area contributed by atoms with Gasteiger partial charge < -0.3 is 4.90 Å². The van der Waals surface area contributed by atoms with Crippen LogP contribution in [0.3, 0.4) is 0 Å². The van der Waals surface area contributed by atoms with Crippen molar-refractivity contribution >= 4 is 21.6 Å². The summed E-state index contributed by atoms with van der Waals surface area (Å²) in [5.41, 5.74) is 2.24. The topological polar surface area (TPSA) is 99.3 Å². The summed E-state index contributed by atoms with van der Waals surface area (Å²) in [7, 11) is -3.33. The minimum Gasteiger partial charge on any atom is -0.339 e. The number of likely N-dealkylation sites (tertiary alicyclic amines) is 1. The Morgan fingerprint density at radius 3 is 2.53 bits per heavy atom. The summed E-state index contributed by atoms with van der Waals surface area (Å²) in [5, 5.41) is 7.46. The molecule has 1 saturated carbocycles. The number of H-pyrrole nitrogens is 1. The number of anilines is 1. The lowest BCUT2D eigenvalue weighted by Gasteiger charge is -2.31. The highest BCUT2D eigenvalue weighted by atomic mass is 32.2. The monoisotopic (exact) mass is 429 g/mol. The maximum Gasteiger partial charge on any atom is 0.253 e. The van der Waals surface area contributed by atoms with Gasteiger partial charge in [-0.25, -0.2) is 13.4 Å². The van der Waals surface area contributed by atoms with E-state index in [4.69, 9.17) is 0 Å². The first-order chi connectivity index (χ1) is 14.3. The number of nitrogens with one attached hydrogen (secondary N) is 1. The van der Waals surface area contributed by atoms with Gasteiger partial charge in [-0.15, -0.1) is 0 Å². The Bertz CT molecular complexity index is 1080. The molecule has 1 aromatic heterocycles. The van der Waals surface area contributed by atoms with Crippen molar-refractivity contribution in [3.63, 3.8) is 0 Å². The van der Waals surface area contributed by atoms with Crippen molar-refractivity contribution < 1.29 is 13.2 Å². The number of piperidine rings is 1. The van der Waals surface area contributed by atoms with Crippen LogP contribution in [0.5, 0.6) is 0 Å². The van der Waals surface area contributed by atoms with Gasteiger partial charge in [-0.05, 0) is 62.8 Å². The van der Waals surface area contributed by atoms with E-state index in [2.05, 4.69) is 15.2 Å². The van der Waals surface area contributed by atoms with Crippen LogP contribution >= 0.6 is 0 Å². The van der Waals surface area contributed by atoms with Gasteiger partial charge in [0.05, 0.1) is 11.9 Å². The van der Waals surface area contributed by atoms with Gasteiger partial charge in [0.1, 0.15) is 5.82 Å². The summed E-state index contributed by atoms with van der Waals surface area (Å²) in [5.74, 6) is 2.77. The summed E-state index contributed by atoms with van der Waals surface area (Å²) in [4.78, 5) is 19.6. The van der Waals surface area contributed by atoms with Crippen LogP contribution in [0.1, 0.15) is 72.0 Å². The quantitative estimate of drug-likeness (QED) is 0.805. The third-order valence-corrected chi connectivity index (χ3v) is 7.74. The molecule has 30 heavy (non-hydrogen) atoms. The van der Waals surface area contributed by atoms with E-state index < -0.39 is 10.0 Å². The summed E-state index contributed by atoms with van der Waals surface area (Å²) in [6, 6.07) is 5.26. The van der Waals surface area contributed by atoms with Crippen molar-refractivity contribution in [1.29, 1.82) is 0 Å². The Balaban J connectivity index is 1.26. The smallest absolute Gasteiger partial charge is 0.253 e. The fraction of sp³-hybridized carbons (Fsp3) is 0.571. The molecule has 2 fully saturated rings. The van der Waals surface area contributed by atoms with E-state index >= 15 is 0 Å². The summed E-state index contributed by atoms with van der Waals surface area (Å²) in [6.45, 7) is 3.27. The fourth-order valence-electron chi connectivity index (χ4n) is 4.77. The molecule has 1 N–H and O–H groups in total. The molecule has 1 aliphatic carbocycles. The first-order valence-corrected chi connectivity index (χ1v) is 12.5. The number of aromatic amines is 1. The van der Waals surface area contributed by atoms with Gasteiger partial charge in [0.25, 0.3) is 5.91 Å². The molecular weight excluding hydrogens is 402 g/mol. The highest BCUT2D eigenvalue weighted by Crippen LogP contribution is 2.39. The molecule has 0 spiro atoms. The molecule has 9 heteroatoms. The number of hydrogen-bond donors (Lipinski definition) is 1. The molecule has 1 aromatic carbocycles. The van der Waals surface area contributed by atoms with E-state index in [0.717, 1.165) is 30.1 Å². The highest BCUT2D eigenvalue weighted by Gasteiger charge is 2.34. The number of fused-ring (bicyclic) bond motifs is 1. The third kappa shape index (κ3) is 3.49. The second-order valence-corrected chi connectivity index (χ2v) is 10.7. The summed E-state index contributed by atoms with van der Waals surface area (Å²) >= 11 is 0. The molecular formula is C21H27N5O3S. The van der Waals surface area contributed by atoms with Crippen LogP contribution in [0.2, 0.25) is 0 Å². The summed E-state index contributed by atoms with van der Waals surface area (Å²) in [6.07, 6.45) is 5.96. The zero-order valence-corrected chi connectivity index (χ0v) is 18.2. The molecule has 0 bridgehead atoms. The third-order valence-electron chi connectivity index (χ3n) is 6.47. The molecule has 1 saturated heterocycles. The van der Waals surface area contributed by atoms with E-state index in [-0.39, 0.29) is 11.9 Å². The molecule has 0 radical (unpaired) electrons. The minimum absolute atomic E-state index is 0.0120. The molecule has 2 aliphatic heterocycles. The molecule has 1 amide bonds. The Morgan fingerprint density at radius 2 is 1.87 bits per heavy atom. The number of amides is 1. The summed E-state index contributed by atoms with van der Waals surface area (Å²) < 4.78 is 25.7. The SMILES string of the molecule is CC1Cc2cc(C(=O)N3CCC(c4nc(C5CC5)n[nH]4)CC3)ccc2N1S(C)(=O)=O. The van der Waals surface area contributed by atoms with Gasteiger partial charge in [0, 0.05) is 36.5 Å². The number of aromatic nitrogens is 3.